The average molecular weight is 521 g/mol. The molecule has 1 aromatic rings. The van der Waals surface area contributed by atoms with Crippen LogP contribution in [0.25, 0.3) is 0 Å². The minimum atomic E-state index is -2.70. The Labute approximate surface area is 149 Å². The van der Waals surface area contributed by atoms with Gasteiger partial charge in [0.2, 0.25) is 11.8 Å². The lowest BCUT2D eigenvalue weighted by Crippen LogP contribution is -2.46. The van der Waals surface area contributed by atoms with E-state index in [1.165, 1.54) is 0 Å². The summed E-state index contributed by atoms with van der Waals surface area (Å²) in [4.78, 5) is 12.0. The van der Waals surface area contributed by atoms with Gasteiger partial charge in [-0.3, -0.25) is 4.79 Å². The zero-order chi connectivity index (χ0) is 15.7. The van der Waals surface area contributed by atoms with E-state index >= 15 is 0 Å². The molecule has 1 aromatic carbocycles. The van der Waals surface area contributed by atoms with Crippen molar-refractivity contribution >= 4 is 51.1 Å². The Bertz CT molecular complexity index is 542. The Hall–Kier alpha value is -0.190. The van der Waals surface area contributed by atoms with Gasteiger partial charge in [-0.2, -0.15) is 0 Å². The Morgan fingerprint density at radius 3 is 2.38 bits per heavy atom. The topological polar surface area (TPSA) is 52.3 Å². The zero-order valence-corrected chi connectivity index (χ0v) is 15.5. The van der Waals surface area contributed by atoms with Gasteiger partial charge in [0.25, 0.3) is 0 Å². The lowest BCUT2D eigenvalue weighted by Gasteiger charge is -2.38. The predicted molar refractivity (Wildman–Crippen MR) is 93.0 cm³/mol. The summed E-state index contributed by atoms with van der Waals surface area (Å²) in [6, 6.07) is 5.35. The van der Waals surface area contributed by atoms with Crippen molar-refractivity contribution in [3.8, 4) is 5.75 Å². The van der Waals surface area contributed by atoms with Crippen LogP contribution >= 0.6 is 45.2 Å². The molecule has 0 unspecified atom stereocenters. The van der Waals surface area contributed by atoms with Crippen LogP contribution in [0.15, 0.2) is 18.2 Å². The van der Waals surface area contributed by atoms with Gasteiger partial charge in [0.15, 0.2) is 0 Å². The Balaban J connectivity index is 2.36. The molecule has 0 bridgehead atoms. The SMILES string of the molecule is NC(=O)C1(c2ccc(OCI)c(I)c2)CCC(F)(F)CC1. The Morgan fingerprint density at radius 2 is 1.90 bits per heavy atom. The molecule has 21 heavy (non-hydrogen) atoms. The Kier molecular flexibility index (Phi) is 5.32. The average Bonchev–Trinajstić information content (AvgIpc) is 2.41. The first kappa shape index (κ1) is 17.2. The number of carbonyl (C=O) groups excluding carboxylic acids is 1. The second-order valence-electron chi connectivity index (χ2n) is 5.20. The molecule has 3 nitrogen and oxygen atoms in total. The van der Waals surface area contributed by atoms with Crippen molar-refractivity contribution < 1.29 is 18.3 Å². The fraction of sp³-hybridized carbons (Fsp3) is 0.500. The highest BCUT2D eigenvalue weighted by Gasteiger charge is 2.48. The van der Waals surface area contributed by atoms with Gasteiger partial charge in [-0.05, 0) is 75.7 Å². The molecule has 0 atom stereocenters. The van der Waals surface area contributed by atoms with Crippen molar-refractivity contribution in [1.29, 1.82) is 0 Å². The molecule has 2 N–H and O–H groups in total. The first-order chi connectivity index (χ1) is 9.81. The summed E-state index contributed by atoms with van der Waals surface area (Å²) in [5, 5.41) is 0. The van der Waals surface area contributed by atoms with E-state index in [0.717, 1.165) is 9.32 Å². The largest absolute Gasteiger partial charge is 0.482 e. The summed E-state index contributed by atoms with van der Waals surface area (Å²) >= 11 is 4.21. The molecule has 7 heteroatoms. The maximum atomic E-state index is 13.4. The minimum Gasteiger partial charge on any atom is -0.482 e. The van der Waals surface area contributed by atoms with E-state index in [4.69, 9.17) is 10.5 Å². The molecular weight excluding hydrogens is 506 g/mol. The number of amides is 1. The maximum absolute atomic E-state index is 13.4. The van der Waals surface area contributed by atoms with Crippen molar-refractivity contribution in [2.75, 3.05) is 4.61 Å². The summed E-state index contributed by atoms with van der Waals surface area (Å²) in [6.07, 6.45) is -0.452. The van der Waals surface area contributed by atoms with Gasteiger partial charge in [0.05, 0.1) is 8.99 Å². The van der Waals surface area contributed by atoms with Crippen LogP contribution in [-0.4, -0.2) is 16.4 Å². The number of rotatable bonds is 4. The van der Waals surface area contributed by atoms with Crippen LogP contribution in [0.1, 0.15) is 31.2 Å². The molecule has 1 amide bonds. The third-order valence-corrected chi connectivity index (χ3v) is 5.16. The lowest BCUT2D eigenvalue weighted by molar-refractivity contribution is -0.128. The van der Waals surface area contributed by atoms with E-state index in [0.29, 0.717) is 10.2 Å². The second-order valence-corrected chi connectivity index (χ2v) is 6.99. The number of carbonyl (C=O) groups is 1. The fourth-order valence-corrected chi connectivity index (χ4v) is 3.70. The highest BCUT2D eigenvalue weighted by Crippen LogP contribution is 2.46. The lowest BCUT2D eigenvalue weighted by atomic mass is 9.68. The monoisotopic (exact) mass is 521 g/mol. The van der Waals surface area contributed by atoms with Gasteiger partial charge in [-0.25, -0.2) is 8.78 Å². The summed E-state index contributed by atoms with van der Waals surface area (Å²) in [6.45, 7) is 0. The normalized spacial score (nSPS) is 20.0. The highest BCUT2D eigenvalue weighted by atomic mass is 127. The van der Waals surface area contributed by atoms with Crippen LogP contribution in [0.2, 0.25) is 0 Å². The molecule has 1 aliphatic rings. The number of hydrogen-bond donors (Lipinski definition) is 1. The van der Waals surface area contributed by atoms with Gasteiger partial charge in [0.1, 0.15) is 10.4 Å². The molecule has 0 heterocycles. The van der Waals surface area contributed by atoms with Crippen LogP contribution in [0.3, 0.4) is 0 Å². The first-order valence-electron chi connectivity index (χ1n) is 6.47. The van der Waals surface area contributed by atoms with Crippen molar-refractivity contribution in [1.82, 2.24) is 0 Å². The summed E-state index contributed by atoms with van der Waals surface area (Å²) < 4.78 is 33.6. The van der Waals surface area contributed by atoms with Gasteiger partial charge >= 0.3 is 0 Å². The van der Waals surface area contributed by atoms with Crippen molar-refractivity contribution in [2.24, 2.45) is 5.73 Å². The predicted octanol–water partition coefficient (Wildman–Crippen LogP) is 3.99. The van der Waals surface area contributed by atoms with Crippen LogP contribution in [0, 0.1) is 3.57 Å². The number of benzene rings is 1. The van der Waals surface area contributed by atoms with Crippen molar-refractivity contribution in [3.63, 3.8) is 0 Å². The molecular formula is C14H15F2I2NO2. The smallest absolute Gasteiger partial charge is 0.248 e. The maximum Gasteiger partial charge on any atom is 0.248 e. The fourth-order valence-electron chi connectivity index (χ4n) is 2.69. The molecule has 0 radical (unpaired) electrons. The number of alkyl halides is 3. The molecule has 0 aromatic heterocycles. The summed E-state index contributed by atoms with van der Waals surface area (Å²) in [5.41, 5.74) is 5.26. The molecule has 0 saturated heterocycles. The van der Waals surface area contributed by atoms with Crippen LogP contribution in [0.4, 0.5) is 8.78 Å². The third kappa shape index (κ3) is 3.59. The van der Waals surface area contributed by atoms with Crippen molar-refractivity contribution in [2.45, 2.75) is 37.0 Å². The van der Waals surface area contributed by atoms with Gasteiger partial charge in [-0.1, -0.05) is 6.07 Å². The van der Waals surface area contributed by atoms with Gasteiger partial charge < -0.3 is 10.5 Å². The van der Waals surface area contributed by atoms with E-state index < -0.39 is 17.2 Å². The molecule has 1 fully saturated rings. The zero-order valence-electron chi connectivity index (χ0n) is 11.2. The van der Waals surface area contributed by atoms with Gasteiger partial charge in [-0.15, -0.1) is 0 Å². The van der Waals surface area contributed by atoms with E-state index in [-0.39, 0.29) is 25.7 Å². The molecule has 1 aliphatic carbocycles. The minimum absolute atomic E-state index is 0.0813. The van der Waals surface area contributed by atoms with Crippen LogP contribution in [-0.2, 0) is 10.2 Å². The first-order valence-corrected chi connectivity index (χ1v) is 9.08. The number of nitrogens with two attached hydrogens (primary N) is 1. The van der Waals surface area contributed by atoms with Gasteiger partial charge in [0, 0.05) is 12.8 Å². The highest BCUT2D eigenvalue weighted by molar-refractivity contribution is 14.1. The van der Waals surface area contributed by atoms with E-state index in [9.17, 15) is 13.6 Å². The van der Waals surface area contributed by atoms with E-state index in [1.807, 2.05) is 6.07 Å². The Morgan fingerprint density at radius 1 is 1.29 bits per heavy atom. The summed E-state index contributed by atoms with van der Waals surface area (Å²) in [5.74, 6) is -2.51. The number of primary amides is 1. The third-order valence-electron chi connectivity index (χ3n) is 4.00. The second kappa shape index (κ2) is 6.51. The van der Waals surface area contributed by atoms with Crippen molar-refractivity contribution in [3.05, 3.63) is 27.3 Å². The molecule has 1 saturated carbocycles. The number of ether oxygens (including phenoxy) is 1. The van der Waals surface area contributed by atoms with Crippen LogP contribution in [0.5, 0.6) is 5.75 Å². The standard InChI is InChI=1S/C14H15F2I2NO2/c15-14(16)5-3-13(4-6-14,12(19)20)9-1-2-11(21-8-17)10(18)7-9/h1-2,7H,3-6,8H2,(H2,19,20). The van der Waals surface area contributed by atoms with E-state index in [1.54, 1.807) is 12.1 Å². The molecule has 116 valence electrons. The molecule has 2 rings (SSSR count). The molecule has 0 spiro atoms. The number of hydrogen-bond acceptors (Lipinski definition) is 2. The number of halogens is 4. The summed E-state index contributed by atoms with van der Waals surface area (Å²) in [7, 11) is 0. The van der Waals surface area contributed by atoms with Crippen LogP contribution < -0.4 is 10.5 Å². The molecule has 0 aliphatic heterocycles. The quantitative estimate of drug-likeness (QED) is 0.482. The van der Waals surface area contributed by atoms with E-state index in [2.05, 4.69) is 45.2 Å².